The molecule has 3 aromatic rings. The molecule has 0 bridgehead atoms. The van der Waals surface area contributed by atoms with Crippen LogP contribution in [0, 0.1) is 6.92 Å². The molecule has 2 aromatic carbocycles. The van der Waals surface area contributed by atoms with Crippen molar-refractivity contribution in [3.63, 3.8) is 0 Å². The number of halogens is 1. The van der Waals surface area contributed by atoms with Crippen molar-refractivity contribution < 1.29 is 19.4 Å². The first-order chi connectivity index (χ1) is 16.4. The van der Waals surface area contributed by atoms with Gasteiger partial charge in [-0.1, -0.05) is 33.3 Å². The van der Waals surface area contributed by atoms with Crippen molar-refractivity contribution in [2.45, 2.75) is 38.2 Å². The monoisotopic (exact) mass is 526 g/mol. The summed E-state index contributed by atoms with van der Waals surface area (Å²) in [5.41, 5.74) is 2.20. The number of hydrogen-bond acceptors (Lipinski definition) is 6. The van der Waals surface area contributed by atoms with Crippen molar-refractivity contribution in [3.05, 3.63) is 63.9 Å². The maximum atomic E-state index is 13.1. The first-order valence-electron chi connectivity index (χ1n) is 11.5. The van der Waals surface area contributed by atoms with Gasteiger partial charge >= 0.3 is 0 Å². The molecule has 1 N–H and O–H groups in total. The molecule has 1 saturated heterocycles. The lowest BCUT2D eigenvalue weighted by Crippen LogP contribution is -2.35. The van der Waals surface area contributed by atoms with Gasteiger partial charge in [0.15, 0.2) is 11.5 Å². The smallest absolute Gasteiger partial charge is 0.227 e. The van der Waals surface area contributed by atoms with E-state index in [4.69, 9.17) is 9.47 Å². The van der Waals surface area contributed by atoms with Crippen LogP contribution in [-0.2, 0) is 16.8 Å². The number of hydrogen-bond donors (Lipinski definition) is 1. The summed E-state index contributed by atoms with van der Waals surface area (Å²) in [7, 11) is 0. The van der Waals surface area contributed by atoms with Crippen molar-refractivity contribution in [1.29, 1.82) is 0 Å². The Morgan fingerprint density at radius 2 is 2.03 bits per heavy atom. The van der Waals surface area contributed by atoms with Gasteiger partial charge in [0, 0.05) is 23.1 Å². The molecule has 34 heavy (non-hydrogen) atoms. The minimum atomic E-state index is -1.13. The molecule has 0 aliphatic carbocycles. The molecule has 1 aromatic heterocycles. The minimum absolute atomic E-state index is 0.0148. The number of aryl methyl sites for hydroxylation is 1. The molecule has 9 heteroatoms. The van der Waals surface area contributed by atoms with Gasteiger partial charge in [0.05, 0.1) is 18.3 Å². The van der Waals surface area contributed by atoms with Gasteiger partial charge < -0.3 is 19.5 Å². The summed E-state index contributed by atoms with van der Waals surface area (Å²) in [6, 6.07) is 11.6. The van der Waals surface area contributed by atoms with Gasteiger partial charge in [0.25, 0.3) is 0 Å². The Kier molecular flexibility index (Phi) is 6.31. The highest BCUT2D eigenvalue weighted by atomic mass is 79.9. The third kappa shape index (κ3) is 4.54. The third-order valence-corrected chi connectivity index (χ3v) is 7.02. The number of ether oxygens (including phenoxy) is 2. The fourth-order valence-corrected chi connectivity index (χ4v) is 5.12. The molecule has 1 unspecified atom stereocenters. The number of para-hydroxylation sites is 1. The zero-order chi connectivity index (χ0) is 23.7. The second-order valence-corrected chi connectivity index (χ2v) is 9.78. The topological polar surface area (TPSA) is 89.7 Å². The van der Waals surface area contributed by atoms with Crippen LogP contribution >= 0.6 is 15.9 Å². The first-order valence-corrected chi connectivity index (χ1v) is 12.3. The van der Waals surface area contributed by atoms with E-state index in [1.807, 2.05) is 48.2 Å². The molecule has 1 amide bonds. The minimum Gasteiger partial charge on any atom is -0.486 e. The Morgan fingerprint density at radius 3 is 2.88 bits per heavy atom. The van der Waals surface area contributed by atoms with Gasteiger partial charge in [-0.3, -0.25) is 4.79 Å². The molecule has 178 valence electrons. The van der Waals surface area contributed by atoms with Gasteiger partial charge in [-0.05, 0) is 56.0 Å². The van der Waals surface area contributed by atoms with E-state index < -0.39 is 5.60 Å². The zero-order valence-corrected chi connectivity index (χ0v) is 20.6. The number of aromatic nitrogens is 3. The van der Waals surface area contributed by atoms with Crippen molar-refractivity contribution in [2.24, 2.45) is 0 Å². The number of rotatable bonds is 4. The van der Waals surface area contributed by atoms with Crippen LogP contribution in [0.1, 0.15) is 36.1 Å². The standard InChI is InChI=1S/C25H27BrN4O4/c1-17-14-19(26)6-7-20(17)30-16-22(27-28-30)25(32)8-3-10-29(11-9-25)23(31)15-18-4-2-5-21-24(18)34-13-12-33-21/h2,4-7,14,16,32H,3,8-13,15H2,1H3. The van der Waals surface area contributed by atoms with E-state index in [0.717, 1.165) is 21.3 Å². The van der Waals surface area contributed by atoms with Crippen molar-refractivity contribution in [2.75, 3.05) is 26.3 Å². The van der Waals surface area contributed by atoms with Crippen molar-refractivity contribution in [1.82, 2.24) is 19.9 Å². The molecule has 2 aliphatic heterocycles. The van der Waals surface area contributed by atoms with Gasteiger partial charge in [-0.2, -0.15) is 0 Å². The van der Waals surface area contributed by atoms with Crippen LogP contribution in [0.2, 0.25) is 0 Å². The van der Waals surface area contributed by atoms with Crippen molar-refractivity contribution in [3.8, 4) is 17.2 Å². The van der Waals surface area contributed by atoms with Crippen LogP contribution in [0.4, 0.5) is 0 Å². The zero-order valence-electron chi connectivity index (χ0n) is 19.0. The molecule has 1 fully saturated rings. The average Bonchev–Trinajstić information content (AvgIpc) is 3.23. The summed E-state index contributed by atoms with van der Waals surface area (Å²) in [5, 5.41) is 20.0. The number of fused-ring (bicyclic) bond motifs is 1. The van der Waals surface area contributed by atoms with Crippen LogP contribution < -0.4 is 9.47 Å². The quantitative estimate of drug-likeness (QED) is 0.559. The second kappa shape index (κ2) is 9.38. The summed E-state index contributed by atoms with van der Waals surface area (Å²) in [5.74, 6) is 1.36. The number of carbonyl (C=O) groups excluding carboxylic acids is 1. The number of carbonyl (C=O) groups is 1. The second-order valence-electron chi connectivity index (χ2n) is 8.86. The predicted octanol–water partition coefficient (Wildman–Crippen LogP) is 3.55. The van der Waals surface area contributed by atoms with Crippen LogP contribution in [0.5, 0.6) is 11.5 Å². The van der Waals surface area contributed by atoms with Crippen LogP contribution in [-0.4, -0.2) is 57.2 Å². The summed E-state index contributed by atoms with van der Waals surface area (Å²) in [6.07, 6.45) is 3.64. The lowest BCUT2D eigenvalue weighted by molar-refractivity contribution is -0.130. The SMILES string of the molecule is Cc1cc(Br)ccc1-n1cc(C2(O)CCCN(C(=O)Cc3cccc4c3OCCO4)CC2)nn1. The number of amides is 1. The highest BCUT2D eigenvalue weighted by Gasteiger charge is 2.36. The molecule has 8 nitrogen and oxygen atoms in total. The van der Waals surface area contributed by atoms with Gasteiger partial charge in [0.2, 0.25) is 5.91 Å². The number of nitrogens with zero attached hydrogens (tertiary/aromatic N) is 4. The summed E-state index contributed by atoms with van der Waals surface area (Å²) >= 11 is 3.48. The number of benzene rings is 2. The lowest BCUT2D eigenvalue weighted by atomic mass is 9.92. The molecule has 5 rings (SSSR count). The molecule has 3 heterocycles. The molecule has 1 atom stereocenters. The van der Waals surface area contributed by atoms with E-state index in [9.17, 15) is 9.90 Å². The Balaban J connectivity index is 1.28. The predicted molar refractivity (Wildman–Crippen MR) is 129 cm³/mol. The van der Waals surface area contributed by atoms with Gasteiger partial charge in [-0.15, -0.1) is 5.10 Å². The van der Waals surface area contributed by atoms with Crippen molar-refractivity contribution >= 4 is 21.8 Å². The summed E-state index contributed by atoms with van der Waals surface area (Å²) < 4.78 is 14.1. The maximum Gasteiger partial charge on any atom is 0.227 e. The first kappa shape index (κ1) is 22.9. The maximum absolute atomic E-state index is 13.1. The van der Waals surface area contributed by atoms with E-state index >= 15 is 0 Å². The summed E-state index contributed by atoms with van der Waals surface area (Å²) in [6.45, 7) is 4.04. The van der Waals surface area contributed by atoms with E-state index in [2.05, 4.69) is 26.2 Å². The largest absolute Gasteiger partial charge is 0.486 e. The van der Waals surface area contributed by atoms with Gasteiger partial charge in [-0.25, -0.2) is 4.68 Å². The third-order valence-electron chi connectivity index (χ3n) is 6.53. The summed E-state index contributed by atoms with van der Waals surface area (Å²) in [4.78, 5) is 14.9. The highest BCUT2D eigenvalue weighted by molar-refractivity contribution is 9.10. The molecular formula is C25H27BrN4O4. The highest BCUT2D eigenvalue weighted by Crippen LogP contribution is 2.35. The van der Waals surface area contributed by atoms with E-state index in [1.165, 1.54) is 0 Å². The van der Waals surface area contributed by atoms with Crippen LogP contribution in [0.15, 0.2) is 47.1 Å². The fraction of sp³-hybridized carbons (Fsp3) is 0.400. The Morgan fingerprint density at radius 1 is 1.18 bits per heavy atom. The molecular weight excluding hydrogens is 500 g/mol. The lowest BCUT2D eigenvalue weighted by Gasteiger charge is -2.25. The Bertz CT molecular complexity index is 1210. The van der Waals surface area contributed by atoms with Crippen LogP contribution in [0.25, 0.3) is 5.69 Å². The Labute approximate surface area is 206 Å². The molecule has 0 spiro atoms. The average molecular weight is 527 g/mol. The van der Waals surface area contributed by atoms with E-state index in [-0.39, 0.29) is 12.3 Å². The van der Waals surface area contributed by atoms with E-state index in [1.54, 1.807) is 10.9 Å². The number of aliphatic hydroxyl groups is 1. The van der Waals surface area contributed by atoms with E-state index in [0.29, 0.717) is 62.8 Å². The Hall–Kier alpha value is -2.91. The van der Waals surface area contributed by atoms with Crippen LogP contribution in [0.3, 0.4) is 0 Å². The molecule has 0 saturated carbocycles. The number of likely N-dealkylation sites (tertiary alicyclic amines) is 1. The van der Waals surface area contributed by atoms with Gasteiger partial charge in [0.1, 0.15) is 24.5 Å². The normalized spacial score (nSPS) is 20.1. The fourth-order valence-electron chi connectivity index (χ4n) is 4.64. The molecule has 0 radical (unpaired) electrons. The molecule has 2 aliphatic rings.